The third-order valence-corrected chi connectivity index (χ3v) is 3.91. The molecule has 0 radical (unpaired) electrons. The van der Waals surface area contributed by atoms with Crippen LogP contribution in [0.15, 0.2) is 24.5 Å². The molecule has 1 saturated heterocycles. The maximum absolute atomic E-state index is 5.73. The second-order valence-corrected chi connectivity index (χ2v) is 5.12. The standard InChI is InChI=1S/C14H20N2O2/c1-5-14(17-9-10-18-14)6-2-13(1)16-11-12-3-7-15-8-4-12/h3-4,7-8,13,16H,1-2,5-6,9-11H2. The Balaban J connectivity index is 1.46. The summed E-state index contributed by atoms with van der Waals surface area (Å²) in [7, 11) is 0. The van der Waals surface area contributed by atoms with E-state index in [1.165, 1.54) is 5.56 Å². The molecule has 1 aromatic rings. The first-order valence-corrected chi connectivity index (χ1v) is 6.77. The van der Waals surface area contributed by atoms with E-state index < -0.39 is 0 Å². The Morgan fingerprint density at radius 2 is 1.83 bits per heavy atom. The molecular formula is C14H20N2O2. The Labute approximate surface area is 108 Å². The van der Waals surface area contributed by atoms with Gasteiger partial charge in [0.15, 0.2) is 5.79 Å². The van der Waals surface area contributed by atoms with Crippen LogP contribution in [-0.4, -0.2) is 30.0 Å². The Hall–Kier alpha value is -0.970. The van der Waals surface area contributed by atoms with Gasteiger partial charge < -0.3 is 14.8 Å². The molecule has 4 heteroatoms. The summed E-state index contributed by atoms with van der Waals surface area (Å²) in [6, 6.07) is 4.69. The van der Waals surface area contributed by atoms with Gasteiger partial charge in [0.25, 0.3) is 0 Å². The van der Waals surface area contributed by atoms with Crippen molar-refractivity contribution < 1.29 is 9.47 Å². The fourth-order valence-corrected chi connectivity index (χ4v) is 2.81. The molecule has 0 unspecified atom stereocenters. The van der Waals surface area contributed by atoms with Gasteiger partial charge in [-0.25, -0.2) is 0 Å². The molecule has 0 bridgehead atoms. The highest BCUT2D eigenvalue weighted by atomic mass is 16.7. The lowest BCUT2D eigenvalue weighted by Gasteiger charge is -2.35. The van der Waals surface area contributed by atoms with Crippen LogP contribution >= 0.6 is 0 Å². The first-order valence-electron chi connectivity index (χ1n) is 6.77. The van der Waals surface area contributed by atoms with Crippen molar-refractivity contribution >= 4 is 0 Å². The zero-order valence-corrected chi connectivity index (χ0v) is 10.6. The van der Waals surface area contributed by atoms with Crippen molar-refractivity contribution in [2.75, 3.05) is 13.2 Å². The van der Waals surface area contributed by atoms with Crippen molar-refractivity contribution in [2.24, 2.45) is 0 Å². The quantitative estimate of drug-likeness (QED) is 0.886. The molecule has 1 saturated carbocycles. The molecule has 2 aliphatic rings. The predicted octanol–water partition coefficient (Wildman–Crippen LogP) is 1.86. The van der Waals surface area contributed by atoms with E-state index in [4.69, 9.17) is 9.47 Å². The largest absolute Gasteiger partial charge is 0.348 e. The maximum Gasteiger partial charge on any atom is 0.168 e. The van der Waals surface area contributed by atoms with Crippen LogP contribution in [0.3, 0.4) is 0 Å². The summed E-state index contributed by atoms with van der Waals surface area (Å²) < 4.78 is 11.5. The van der Waals surface area contributed by atoms with Crippen LogP contribution in [0.2, 0.25) is 0 Å². The van der Waals surface area contributed by atoms with Crippen LogP contribution in [0, 0.1) is 0 Å². The van der Waals surface area contributed by atoms with E-state index >= 15 is 0 Å². The fourth-order valence-electron chi connectivity index (χ4n) is 2.81. The Morgan fingerprint density at radius 3 is 2.50 bits per heavy atom. The number of rotatable bonds is 3. The molecule has 0 aromatic carbocycles. The zero-order valence-electron chi connectivity index (χ0n) is 10.6. The third kappa shape index (κ3) is 2.71. The number of nitrogens with one attached hydrogen (secondary N) is 1. The van der Waals surface area contributed by atoms with Crippen LogP contribution in [-0.2, 0) is 16.0 Å². The molecule has 18 heavy (non-hydrogen) atoms. The molecule has 1 aromatic heterocycles. The summed E-state index contributed by atoms with van der Waals surface area (Å²) in [6.07, 6.45) is 7.97. The minimum absolute atomic E-state index is 0.241. The van der Waals surface area contributed by atoms with E-state index in [1.54, 1.807) is 0 Å². The molecule has 4 nitrogen and oxygen atoms in total. The molecule has 0 amide bonds. The topological polar surface area (TPSA) is 43.4 Å². The van der Waals surface area contributed by atoms with Crippen molar-refractivity contribution in [1.29, 1.82) is 0 Å². The summed E-state index contributed by atoms with van der Waals surface area (Å²) in [6.45, 7) is 2.44. The Kier molecular flexibility index (Phi) is 3.59. The number of nitrogens with zero attached hydrogens (tertiary/aromatic N) is 1. The first kappa shape index (κ1) is 12.1. The minimum Gasteiger partial charge on any atom is -0.348 e. The summed E-state index contributed by atoms with van der Waals surface area (Å²) in [5.41, 5.74) is 1.29. The summed E-state index contributed by atoms with van der Waals surface area (Å²) in [5.74, 6) is -0.241. The highest BCUT2D eigenvalue weighted by molar-refractivity contribution is 5.09. The number of hydrogen-bond donors (Lipinski definition) is 1. The molecule has 3 rings (SSSR count). The molecule has 2 fully saturated rings. The normalized spacial score (nSPS) is 23.6. The molecule has 1 aliphatic heterocycles. The number of aromatic nitrogens is 1. The fraction of sp³-hybridized carbons (Fsp3) is 0.643. The summed E-state index contributed by atoms with van der Waals surface area (Å²) >= 11 is 0. The van der Waals surface area contributed by atoms with Gasteiger partial charge >= 0.3 is 0 Å². The third-order valence-electron chi connectivity index (χ3n) is 3.91. The SMILES string of the molecule is c1cc(CNC2CCC3(CC2)OCCO3)ccn1. The predicted molar refractivity (Wildman–Crippen MR) is 68.0 cm³/mol. The lowest BCUT2D eigenvalue weighted by atomic mass is 9.90. The van der Waals surface area contributed by atoms with Gasteiger partial charge in [-0.15, -0.1) is 0 Å². The monoisotopic (exact) mass is 248 g/mol. The van der Waals surface area contributed by atoms with Gasteiger partial charge in [-0.3, -0.25) is 4.98 Å². The molecule has 2 heterocycles. The number of pyridine rings is 1. The summed E-state index contributed by atoms with van der Waals surface area (Å²) in [5, 5.41) is 3.61. The van der Waals surface area contributed by atoms with Crippen LogP contribution in [0.25, 0.3) is 0 Å². The van der Waals surface area contributed by atoms with Crippen LogP contribution in [0.5, 0.6) is 0 Å². The van der Waals surface area contributed by atoms with Crippen molar-refractivity contribution in [3.05, 3.63) is 30.1 Å². The van der Waals surface area contributed by atoms with Gasteiger partial charge in [-0.2, -0.15) is 0 Å². The van der Waals surface area contributed by atoms with Crippen molar-refractivity contribution in [3.8, 4) is 0 Å². The van der Waals surface area contributed by atoms with Crippen LogP contribution in [0.1, 0.15) is 31.2 Å². The van der Waals surface area contributed by atoms with E-state index in [1.807, 2.05) is 12.4 Å². The minimum atomic E-state index is -0.241. The van der Waals surface area contributed by atoms with Gasteiger partial charge in [-0.05, 0) is 30.5 Å². The Bertz CT molecular complexity index is 367. The summed E-state index contributed by atoms with van der Waals surface area (Å²) in [4.78, 5) is 4.03. The van der Waals surface area contributed by atoms with Crippen molar-refractivity contribution in [3.63, 3.8) is 0 Å². The molecule has 1 aliphatic carbocycles. The van der Waals surface area contributed by atoms with E-state index in [2.05, 4.69) is 22.4 Å². The highest BCUT2D eigenvalue weighted by Gasteiger charge is 2.39. The van der Waals surface area contributed by atoms with Crippen LogP contribution < -0.4 is 5.32 Å². The van der Waals surface area contributed by atoms with Crippen LogP contribution in [0.4, 0.5) is 0 Å². The lowest BCUT2D eigenvalue weighted by Crippen LogP contribution is -2.41. The molecular weight excluding hydrogens is 228 g/mol. The number of hydrogen-bond acceptors (Lipinski definition) is 4. The van der Waals surface area contributed by atoms with Crippen molar-refractivity contribution in [2.45, 2.75) is 44.1 Å². The van der Waals surface area contributed by atoms with Gasteiger partial charge in [0.1, 0.15) is 0 Å². The van der Waals surface area contributed by atoms with E-state index in [-0.39, 0.29) is 5.79 Å². The second kappa shape index (κ2) is 5.34. The molecule has 1 N–H and O–H groups in total. The smallest absolute Gasteiger partial charge is 0.168 e. The first-order chi connectivity index (χ1) is 8.86. The van der Waals surface area contributed by atoms with Crippen molar-refractivity contribution in [1.82, 2.24) is 10.3 Å². The van der Waals surface area contributed by atoms with E-state index in [9.17, 15) is 0 Å². The molecule has 98 valence electrons. The Morgan fingerprint density at radius 1 is 1.17 bits per heavy atom. The maximum atomic E-state index is 5.73. The molecule has 0 atom stereocenters. The average Bonchev–Trinajstić information content (AvgIpc) is 2.88. The average molecular weight is 248 g/mol. The van der Waals surface area contributed by atoms with E-state index in [0.717, 1.165) is 45.4 Å². The van der Waals surface area contributed by atoms with Gasteiger partial charge in [0.2, 0.25) is 0 Å². The number of ether oxygens (including phenoxy) is 2. The molecule has 1 spiro atoms. The second-order valence-electron chi connectivity index (χ2n) is 5.12. The van der Waals surface area contributed by atoms with E-state index in [0.29, 0.717) is 6.04 Å². The zero-order chi connectivity index (χ0) is 12.3. The van der Waals surface area contributed by atoms with Gasteiger partial charge in [-0.1, -0.05) is 0 Å². The van der Waals surface area contributed by atoms with Gasteiger partial charge in [0.05, 0.1) is 13.2 Å². The highest BCUT2D eigenvalue weighted by Crippen LogP contribution is 2.35. The lowest BCUT2D eigenvalue weighted by molar-refractivity contribution is -0.179. The van der Waals surface area contributed by atoms with Gasteiger partial charge in [0, 0.05) is 37.8 Å².